The summed E-state index contributed by atoms with van der Waals surface area (Å²) in [4.78, 5) is 0.522. The first-order valence-corrected chi connectivity index (χ1v) is 7.90. The van der Waals surface area contributed by atoms with Crippen LogP contribution >= 0.6 is 15.9 Å². The Bertz CT molecular complexity index is 369. The summed E-state index contributed by atoms with van der Waals surface area (Å²) in [6.07, 6.45) is 7.14. The van der Waals surface area contributed by atoms with E-state index in [-0.39, 0.29) is 17.6 Å². The van der Waals surface area contributed by atoms with Crippen molar-refractivity contribution in [3.63, 3.8) is 0 Å². The minimum atomic E-state index is -0.0603. The molecule has 3 nitrogen and oxygen atoms in total. The minimum Gasteiger partial charge on any atom is -0.372 e. The van der Waals surface area contributed by atoms with Crippen molar-refractivity contribution in [3.05, 3.63) is 0 Å². The Balaban J connectivity index is 1.71. The van der Waals surface area contributed by atoms with Gasteiger partial charge in [0.15, 0.2) is 0 Å². The van der Waals surface area contributed by atoms with Crippen LogP contribution in [0.5, 0.6) is 0 Å². The van der Waals surface area contributed by atoms with E-state index in [1.807, 2.05) is 6.92 Å². The standard InChI is InChI=1S/C14H20BrNO2/c1-9(8-16)4-11-2-3-13-14(18-11)6-10(15)5-12(7-14)17-13/h9-13H,2-7H2,1H3/t9-,10?,11?,12+,13?,14?/m1/s1. The highest BCUT2D eigenvalue weighted by molar-refractivity contribution is 9.09. The fraction of sp³-hybridized carbons (Fsp3) is 0.929. The average molecular weight is 314 g/mol. The van der Waals surface area contributed by atoms with Crippen LogP contribution in [0.2, 0.25) is 0 Å². The summed E-state index contributed by atoms with van der Waals surface area (Å²) in [6.45, 7) is 1.98. The first-order valence-electron chi connectivity index (χ1n) is 6.98. The van der Waals surface area contributed by atoms with Gasteiger partial charge in [-0.25, -0.2) is 0 Å². The Morgan fingerprint density at radius 1 is 1.44 bits per heavy atom. The van der Waals surface area contributed by atoms with Crippen molar-refractivity contribution in [2.45, 2.75) is 74.2 Å². The molecule has 0 amide bonds. The SMILES string of the molecule is C[C@@H](C#N)CC1CCC2O[C@H]3CC(Br)CC2(C3)O1. The van der Waals surface area contributed by atoms with Crippen molar-refractivity contribution in [1.82, 2.24) is 0 Å². The molecule has 18 heavy (non-hydrogen) atoms. The molecule has 0 aromatic carbocycles. The topological polar surface area (TPSA) is 42.2 Å². The van der Waals surface area contributed by atoms with Crippen molar-refractivity contribution in [2.75, 3.05) is 0 Å². The fourth-order valence-electron chi connectivity index (χ4n) is 3.86. The van der Waals surface area contributed by atoms with Gasteiger partial charge in [0, 0.05) is 17.2 Å². The van der Waals surface area contributed by atoms with E-state index in [4.69, 9.17) is 14.7 Å². The van der Waals surface area contributed by atoms with Crippen molar-refractivity contribution >= 4 is 15.9 Å². The van der Waals surface area contributed by atoms with Crippen LogP contribution in [-0.2, 0) is 9.47 Å². The van der Waals surface area contributed by atoms with Gasteiger partial charge in [0.05, 0.1) is 30.0 Å². The quantitative estimate of drug-likeness (QED) is 0.735. The first kappa shape index (κ1) is 12.9. The second-order valence-corrected chi connectivity index (χ2v) is 7.43. The third kappa shape index (κ3) is 2.21. The van der Waals surface area contributed by atoms with Gasteiger partial charge in [-0.3, -0.25) is 0 Å². The summed E-state index contributed by atoms with van der Waals surface area (Å²) in [5, 5.41) is 8.93. The molecule has 1 aliphatic carbocycles. The van der Waals surface area contributed by atoms with Crippen LogP contribution in [0.25, 0.3) is 0 Å². The van der Waals surface area contributed by atoms with Gasteiger partial charge < -0.3 is 9.47 Å². The van der Waals surface area contributed by atoms with Gasteiger partial charge in [0.2, 0.25) is 0 Å². The molecule has 2 saturated heterocycles. The van der Waals surface area contributed by atoms with E-state index in [9.17, 15) is 0 Å². The van der Waals surface area contributed by atoms with E-state index in [0.717, 1.165) is 38.5 Å². The molecule has 3 fully saturated rings. The molecular weight excluding hydrogens is 294 g/mol. The average Bonchev–Trinajstić information content (AvgIpc) is 2.58. The minimum absolute atomic E-state index is 0.0603. The highest BCUT2D eigenvalue weighted by atomic mass is 79.9. The van der Waals surface area contributed by atoms with Gasteiger partial charge >= 0.3 is 0 Å². The number of nitrogens with zero attached hydrogens (tertiary/aromatic N) is 1. The molecular formula is C14H20BrNO2. The number of rotatable bonds is 2. The van der Waals surface area contributed by atoms with Crippen molar-refractivity contribution < 1.29 is 9.47 Å². The van der Waals surface area contributed by atoms with Crippen molar-refractivity contribution in [3.8, 4) is 6.07 Å². The monoisotopic (exact) mass is 313 g/mol. The second-order valence-electron chi connectivity index (χ2n) is 6.14. The van der Waals surface area contributed by atoms with Gasteiger partial charge in [-0.1, -0.05) is 15.9 Å². The second kappa shape index (κ2) is 4.77. The van der Waals surface area contributed by atoms with Crippen molar-refractivity contribution in [1.29, 1.82) is 5.26 Å². The smallest absolute Gasteiger partial charge is 0.0982 e. The highest BCUT2D eigenvalue weighted by Crippen LogP contribution is 2.51. The molecule has 1 saturated carbocycles. The Hall–Kier alpha value is -0.110. The largest absolute Gasteiger partial charge is 0.372 e. The molecule has 0 N–H and O–H groups in total. The third-order valence-corrected chi connectivity index (χ3v) is 5.29. The summed E-state index contributed by atoms with van der Waals surface area (Å²) < 4.78 is 12.5. The molecule has 4 heteroatoms. The lowest BCUT2D eigenvalue weighted by Gasteiger charge is -2.44. The van der Waals surface area contributed by atoms with Crippen LogP contribution in [-0.4, -0.2) is 28.7 Å². The van der Waals surface area contributed by atoms with Crippen LogP contribution in [0, 0.1) is 17.2 Å². The van der Waals surface area contributed by atoms with E-state index in [1.54, 1.807) is 0 Å². The zero-order valence-corrected chi connectivity index (χ0v) is 12.4. The number of fused-ring (bicyclic) bond motifs is 1. The predicted molar refractivity (Wildman–Crippen MR) is 71.5 cm³/mol. The molecule has 100 valence electrons. The molecule has 0 aromatic heterocycles. The lowest BCUT2D eigenvalue weighted by Crippen LogP contribution is -2.50. The molecule has 6 atom stereocenters. The maximum absolute atomic E-state index is 8.93. The van der Waals surface area contributed by atoms with E-state index in [2.05, 4.69) is 22.0 Å². The van der Waals surface area contributed by atoms with Gasteiger partial charge in [-0.15, -0.1) is 0 Å². The van der Waals surface area contributed by atoms with Crippen molar-refractivity contribution in [2.24, 2.45) is 5.92 Å². The summed E-state index contributed by atoms with van der Waals surface area (Å²) in [7, 11) is 0. The van der Waals surface area contributed by atoms with E-state index < -0.39 is 0 Å². The summed E-state index contributed by atoms with van der Waals surface area (Å²) in [5.74, 6) is 0.0874. The number of alkyl halides is 1. The number of hydrogen-bond donors (Lipinski definition) is 0. The molecule has 1 spiro atoms. The zero-order valence-electron chi connectivity index (χ0n) is 10.8. The molecule has 0 aromatic rings. The normalized spacial score (nSPS) is 48.3. The van der Waals surface area contributed by atoms with E-state index >= 15 is 0 Å². The molecule has 4 unspecified atom stereocenters. The molecule has 2 heterocycles. The summed E-state index contributed by atoms with van der Waals surface area (Å²) in [5.41, 5.74) is -0.0603. The van der Waals surface area contributed by atoms with Crippen LogP contribution in [0.4, 0.5) is 0 Å². The lowest BCUT2D eigenvalue weighted by atomic mass is 9.78. The summed E-state index contributed by atoms with van der Waals surface area (Å²) >= 11 is 3.74. The van der Waals surface area contributed by atoms with Crippen LogP contribution < -0.4 is 0 Å². The highest BCUT2D eigenvalue weighted by Gasteiger charge is 2.56. The number of ether oxygens (including phenoxy) is 2. The Morgan fingerprint density at radius 2 is 2.28 bits per heavy atom. The maximum atomic E-state index is 8.93. The van der Waals surface area contributed by atoms with Gasteiger partial charge in [-0.05, 0) is 39.0 Å². The van der Waals surface area contributed by atoms with Crippen LogP contribution in [0.3, 0.4) is 0 Å². The molecule has 0 radical (unpaired) electrons. The van der Waals surface area contributed by atoms with Gasteiger partial charge in [-0.2, -0.15) is 5.26 Å². The predicted octanol–water partition coefficient (Wildman–Crippen LogP) is 3.17. The van der Waals surface area contributed by atoms with E-state index in [0.29, 0.717) is 17.0 Å². The Kier molecular flexibility index (Phi) is 3.42. The van der Waals surface area contributed by atoms with Crippen LogP contribution in [0.15, 0.2) is 0 Å². The first-order chi connectivity index (χ1) is 8.61. The van der Waals surface area contributed by atoms with Gasteiger partial charge in [0.25, 0.3) is 0 Å². The number of nitriles is 1. The Morgan fingerprint density at radius 3 is 3.06 bits per heavy atom. The third-order valence-electron chi connectivity index (χ3n) is 4.59. The lowest BCUT2D eigenvalue weighted by molar-refractivity contribution is -0.167. The maximum Gasteiger partial charge on any atom is 0.0982 e. The van der Waals surface area contributed by atoms with Crippen LogP contribution in [0.1, 0.15) is 45.4 Å². The number of halogens is 1. The number of hydrogen-bond acceptors (Lipinski definition) is 3. The molecule has 3 rings (SSSR count). The molecule has 2 bridgehead atoms. The van der Waals surface area contributed by atoms with Gasteiger partial charge in [0.1, 0.15) is 0 Å². The van der Waals surface area contributed by atoms with E-state index in [1.165, 1.54) is 0 Å². The molecule has 2 aliphatic heterocycles. The Labute approximate surface area is 117 Å². The summed E-state index contributed by atoms with van der Waals surface area (Å²) in [6, 6.07) is 2.31. The fourth-order valence-corrected chi connectivity index (χ4v) is 4.83. The molecule has 3 aliphatic rings. The zero-order chi connectivity index (χ0) is 12.8.